The van der Waals surface area contributed by atoms with Gasteiger partial charge in [-0.15, -0.1) is 24.0 Å². The van der Waals surface area contributed by atoms with E-state index < -0.39 is 0 Å². The molecule has 2 saturated heterocycles. The molecule has 0 spiro atoms. The molecule has 2 heterocycles. The fraction of sp³-hybridized carbons (Fsp3) is 0.944. The van der Waals surface area contributed by atoms with Crippen LogP contribution >= 0.6 is 24.0 Å². The molecule has 1 atom stereocenters. The van der Waals surface area contributed by atoms with E-state index in [0.29, 0.717) is 0 Å². The molecule has 2 aliphatic carbocycles. The Kier molecular flexibility index (Phi) is 6.10. The van der Waals surface area contributed by atoms with Crippen molar-refractivity contribution in [2.24, 2.45) is 22.7 Å². The average molecular weight is 432 g/mol. The van der Waals surface area contributed by atoms with Crippen LogP contribution in [-0.2, 0) is 0 Å². The number of nitrogens with zero attached hydrogens (tertiary/aromatic N) is 3. The molecule has 132 valence electrons. The van der Waals surface area contributed by atoms with Gasteiger partial charge in [0.1, 0.15) is 0 Å². The van der Waals surface area contributed by atoms with E-state index in [0.717, 1.165) is 36.3 Å². The van der Waals surface area contributed by atoms with Crippen LogP contribution in [-0.4, -0.2) is 61.6 Å². The van der Waals surface area contributed by atoms with E-state index in [1.807, 2.05) is 7.05 Å². The van der Waals surface area contributed by atoms with Crippen molar-refractivity contribution in [1.29, 1.82) is 0 Å². The van der Waals surface area contributed by atoms with E-state index in [4.69, 9.17) is 0 Å². The predicted molar refractivity (Wildman–Crippen MR) is 106 cm³/mol. The third-order valence-corrected chi connectivity index (χ3v) is 6.28. The summed E-state index contributed by atoms with van der Waals surface area (Å²) in [6.07, 6.45) is 10.0. The molecular formula is C18H33IN4. The fourth-order valence-corrected chi connectivity index (χ4v) is 4.65. The number of aliphatic imine (C=N–C) groups is 1. The molecule has 4 fully saturated rings. The normalized spacial score (nSPS) is 29.2. The van der Waals surface area contributed by atoms with Crippen molar-refractivity contribution in [3.8, 4) is 0 Å². The summed E-state index contributed by atoms with van der Waals surface area (Å²) < 4.78 is 0. The van der Waals surface area contributed by atoms with Gasteiger partial charge in [-0.05, 0) is 75.8 Å². The minimum absolute atomic E-state index is 0. The van der Waals surface area contributed by atoms with E-state index in [-0.39, 0.29) is 24.0 Å². The summed E-state index contributed by atoms with van der Waals surface area (Å²) in [4.78, 5) is 9.77. The zero-order valence-electron chi connectivity index (χ0n) is 14.5. The van der Waals surface area contributed by atoms with Crippen LogP contribution in [0.4, 0.5) is 0 Å². The first-order chi connectivity index (χ1) is 10.8. The van der Waals surface area contributed by atoms with Crippen molar-refractivity contribution in [1.82, 2.24) is 15.1 Å². The molecule has 0 bridgehead atoms. The van der Waals surface area contributed by atoms with Gasteiger partial charge in [-0.25, -0.2) is 0 Å². The second kappa shape index (κ2) is 7.89. The molecular weight excluding hydrogens is 399 g/mol. The zero-order chi connectivity index (χ0) is 14.9. The van der Waals surface area contributed by atoms with Crippen LogP contribution in [0.2, 0.25) is 0 Å². The number of hydrogen-bond donors (Lipinski definition) is 1. The van der Waals surface area contributed by atoms with Gasteiger partial charge in [0.25, 0.3) is 0 Å². The van der Waals surface area contributed by atoms with Gasteiger partial charge in [0.15, 0.2) is 5.96 Å². The molecule has 2 saturated carbocycles. The Morgan fingerprint density at radius 3 is 2.26 bits per heavy atom. The second-order valence-corrected chi connectivity index (χ2v) is 7.90. The highest BCUT2D eigenvalue weighted by atomic mass is 127. The van der Waals surface area contributed by atoms with Crippen molar-refractivity contribution in [3.63, 3.8) is 0 Å². The Morgan fingerprint density at radius 1 is 1.04 bits per heavy atom. The molecule has 0 aromatic rings. The number of nitrogens with one attached hydrogen (secondary N) is 1. The molecule has 4 rings (SSSR count). The highest BCUT2D eigenvalue weighted by Crippen LogP contribution is 2.48. The number of guanidine groups is 1. The summed E-state index contributed by atoms with van der Waals surface area (Å²) >= 11 is 0. The third-order valence-electron chi connectivity index (χ3n) is 6.28. The first kappa shape index (κ1) is 17.8. The van der Waals surface area contributed by atoms with E-state index in [2.05, 4.69) is 20.1 Å². The third kappa shape index (κ3) is 4.33. The maximum absolute atomic E-state index is 4.58. The topological polar surface area (TPSA) is 30.9 Å². The Hall–Kier alpha value is -0.0400. The monoisotopic (exact) mass is 432 g/mol. The van der Waals surface area contributed by atoms with Gasteiger partial charge in [0.05, 0.1) is 0 Å². The molecule has 4 nitrogen and oxygen atoms in total. The molecule has 0 radical (unpaired) electrons. The standard InChI is InChI=1S/C18H32N4.HI/c1-19-18(20-12-17(14-4-5-14)15-6-7-15)22-11-8-16(13-22)21-9-2-3-10-21;/h14-17H,2-13H2,1H3,(H,19,20);1H. The van der Waals surface area contributed by atoms with Crippen LogP contribution in [0.5, 0.6) is 0 Å². The first-order valence-electron chi connectivity index (χ1n) is 9.55. The quantitative estimate of drug-likeness (QED) is 0.412. The van der Waals surface area contributed by atoms with Crippen LogP contribution in [0.25, 0.3) is 0 Å². The molecule has 1 N–H and O–H groups in total. The molecule has 1 unspecified atom stereocenters. The van der Waals surface area contributed by atoms with Crippen molar-refractivity contribution in [3.05, 3.63) is 0 Å². The van der Waals surface area contributed by atoms with Crippen LogP contribution in [0.1, 0.15) is 44.9 Å². The summed E-state index contributed by atoms with van der Waals surface area (Å²) in [5.74, 6) is 4.13. The van der Waals surface area contributed by atoms with Crippen LogP contribution in [0, 0.1) is 17.8 Å². The minimum Gasteiger partial charge on any atom is -0.356 e. The lowest BCUT2D eigenvalue weighted by molar-refractivity contribution is 0.249. The molecule has 23 heavy (non-hydrogen) atoms. The molecule has 4 aliphatic rings. The number of likely N-dealkylation sites (tertiary alicyclic amines) is 2. The lowest BCUT2D eigenvalue weighted by atomic mass is 9.98. The van der Waals surface area contributed by atoms with Gasteiger partial charge < -0.3 is 10.2 Å². The van der Waals surface area contributed by atoms with Gasteiger partial charge in [-0.1, -0.05) is 0 Å². The van der Waals surface area contributed by atoms with Crippen molar-refractivity contribution in [2.75, 3.05) is 39.8 Å². The van der Waals surface area contributed by atoms with Crippen molar-refractivity contribution in [2.45, 2.75) is 51.0 Å². The fourth-order valence-electron chi connectivity index (χ4n) is 4.65. The summed E-state index contributed by atoms with van der Waals surface area (Å²) in [6.45, 7) is 6.15. The summed E-state index contributed by atoms with van der Waals surface area (Å²) in [7, 11) is 1.95. The smallest absolute Gasteiger partial charge is 0.193 e. The maximum Gasteiger partial charge on any atom is 0.193 e. The van der Waals surface area contributed by atoms with Gasteiger partial charge in [-0.3, -0.25) is 9.89 Å². The first-order valence-corrected chi connectivity index (χ1v) is 9.55. The summed E-state index contributed by atoms with van der Waals surface area (Å²) in [6, 6.07) is 0.767. The maximum atomic E-state index is 4.58. The summed E-state index contributed by atoms with van der Waals surface area (Å²) in [5, 5.41) is 3.72. The molecule has 5 heteroatoms. The van der Waals surface area contributed by atoms with E-state index in [1.165, 1.54) is 71.1 Å². The molecule has 0 amide bonds. The van der Waals surface area contributed by atoms with Crippen molar-refractivity contribution < 1.29 is 0 Å². The number of rotatable bonds is 5. The minimum atomic E-state index is 0. The largest absolute Gasteiger partial charge is 0.356 e. The number of hydrogen-bond acceptors (Lipinski definition) is 2. The summed E-state index contributed by atoms with van der Waals surface area (Å²) in [5.41, 5.74) is 0. The molecule has 2 aliphatic heterocycles. The second-order valence-electron chi connectivity index (χ2n) is 7.90. The van der Waals surface area contributed by atoms with Gasteiger partial charge in [-0.2, -0.15) is 0 Å². The zero-order valence-corrected chi connectivity index (χ0v) is 16.9. The van der Waals surface area contributed by atoms with E-state index in [9.17, 15) is 0 Å². The predicted octanol–water partition coefficient (Wildman–Crippen LogP) is 2.79. The van der Waals surface area contributed by atoms with Crippen LogP contribution in [0.3, 0.4) is 0 Å². The van der Waals surface area contributed by atoms with Crippen LogP contribution in [0.15, 0.2) is 4.99 Å². The highest BCUT2D eigenvalue weighted by molar-refractivity contribution is 14.0. The van der Waals surface area contributed by atoms with Crippen LogP contribution < -0.4 is 5.32 Å². The highest BCUT2D eigenvalue weighted by Gasteiger charge is 2.41. The lowest BCUT2D eigenvalue weighted by Crippen LogP contribution is -2.44. The van der Waals surface area contributed by atoms with Crippen molar-refractivity contribution >= 4 is 29.9 Å². The van der Waals surface area contributed by atoms with Gasteiger partial charge in [0, 0.05) is 32.7 Å². The van der Waals surface area contributed by atoms with Gasteiger partial charge in [0.2, 0.25) is 0 Å². The SMILES string of the molecule is CN=C(NCC(C1CC1)C1CC1)N1CCC(N2CCCC2)C1.I. The Morgan fingerprint density at radius 2 is 1.70 bits per heavy atom. The van der Waals surface area contributed by atoms with E-state index >= 15 is 0 Å². The lowest BCUT2D eigenvalue weighted by Gasteiger charge is -2.26. The van der Waals surface area contributed by atoms with E-state index in [1.54, 1.807) is 0 Å². The Bertz CT molecular complexity index is 401. The average Bonchev–Trinajstić information content (AvgIpc) is 3.44. The van der Waals surface area contributed by atoms with Gasteiger partial charge >= 0.3 is 0 Å². The molecule has 0 aromatic carbocycles. The Balaban J connectivity index is 0.00000156. The Labute approximate surface area is 158 Å². The number of halogens is 1. The molecule has 0 aromatic heterocycles.